The van der Waals surface area contributed by atoms with Gasteiger partial charge in [-0.3, -0.25) is 0 Å². The summed E-state index contributed by atoms with van der Waals surface area (Å²) in [5.41, 5.74) is 76.8. The molecule has 0 fully saturated rings. The van der Waals surface area contributed by atoms with Crippen LogP contribution in [0.3, 0.4) is 0 Å². The molecule has 0 amide bonds. The molecule has 0 N–H and O–H groups in total. The van der Waals surface area contributed by atoms with Gasteiger partial charge in [0.15, 0.2) is 0 Å². The molecule has 17 aromatic rings. The van der Waals surface area contributed by atoms with Crippen molar-refractivity contribution in [2.75, 3.05) is 0 Å². The molecule has 0 radical (unpaired) electrons. The summed E-state index contributed by atoms with van der Waals surface area (Å²) in [7, 11) is 0. The van der Waals surface area contributed by atoms with E-state index in [2.05, 4.69) is 324 Å². The molecule has 0 nitrogen and oxygen atoms in total. The van der Waals surface area contributed by atoms with Crippen LogP contribution in [0.1, 0.15) is 139 Å². The second-order valence-corrected chi connectivity index (χ2v) is 36.5. The Bertz CT molecular complexity index is 7370. The van der Waals surface area contributed by atoms with E-state index in [-0.39, 0.29) is 0 Å². The summed E-state index contributed by atoms with van der Waals surface area (Å²) >= 11 is 0. The van der Waals surface area contributed by atoms with Crippen LogP contribution in [0.5, 0.6) is 0 Å². The summed E-state index contributed by atoms with van der Waals surface area (Å²) < 4.78 is 0. The minimum absolute atomic E-state index is 0.380. The predicted molar refractivity (Wildman–Crippen MR) is 500 cm³/mol. The van der Waals surface area contributed by atoms with Crippen molar-refractivity contribution in [1.82, 2.24) is 0 Å². The highest BCUT2D eigenvalue weighted by molar-refractivity contribution is 6.99. The molecule has 0 aromatic heterocycles. The number of hydrogen-bond donors (Lipinski definition) is 0. The lowest BCUT2D eigenvalue weighted by Gasteiger charge is -2.40. The molecule has 9 aliphatic heterocycles. The lowest BCUT2D eigenvalue weighted by molar-refractivity contribution is 1.10. The SMILES string of the molecule is Cc1ccc2c(c1)-c1ccccc1-c1ccc(-c3cc4c5c(c3)Cc3cccc6c3B5c3c(cccc3C4)C6)cc1-c1ccccc1-2.Cc1cccc2c1-c1c(cccc1-c1ccc3c4c1Cc1cccc5c1B4c1c(cccc1C3)C5)C2.Cc1cccc2c1Cc1c-2cccc1-c1ccc2c3c1Cc1cccc4c1B3c1c(cccc1C2)C4. The molecular weight excluding hydrogens is 1430 g/mol. The van der Waals surface area contributed by atoms with Crippen LogP contribution in [0.4, 0.5) is 0 Å². The quantitative estimate of drug-likeness (QED) is 0.155. The van der Waals surface area contributed by atoms with Gasteiger partial charge in [0.05, 0.1) is 0 Å². The first-order valence-corrected chi connectivity index (χ1v) is 43.7. The largest absolute Gasteiger partial charge is 0.243 e. The Labute approximate surface area is 698 Å². The van der Waals surface area contributed by atoms with E-state index >= 15 is 0 Å². The Morgan fingerprint density at radius 3 is 0.941 bits per heavy atom. The van der Waals surface area contributed by atoms with Gasteiger partial charge in [-0.15, -0.1) is 0 Å². The van der Waals surface area contributed by atoms with Crippen molar-refractivity contribution >= 4 is 69.3 Å². The zero-order valence-electron chi connectivity index (χ0n) is 67.4. The highest BCUT2D eigenvalue weighted by atomic mass is 14.4. The van der Waals surface area contributed by atoms with E-state index in [1.165, 1.54) is 228 Å². The summed E-state index contributed by atoms with van der Waals surface area (Å²) in [6.45, 7) is 7.92. The molecule has 17 aromatic carbocycles. The fourth-order valence-electron chi connectivity index (χ4n) is 25.7. The van der Waals surface area contributed by atoms with Crippen molar-refractivity contribution in [1.29, 1.82) is 0 Å². The average molecular weight is 1510 g/mol. The molecule has 3 heteroatoms. The Kier molecular flexibility index (Phi) is 14.1. The second kappa shape index (κ2) is 25.0. The first-order chi connectivity index (χ1) is 58.7. The summed E-state index contributed by atoms with van der Waals surface area (Å²) in [6.07, 6.45) is 11.6. The topological polar surface area (TPSA) is 0 Å². The Morgan fingerprint density at radius 1 is 0.160 bits per heavy atom. The highest BCUT2D eigenvalue weighted by Crippen LogP contribution is 2.52. The molecular formula is C116H81B3. The van der Waals surface area contributed by atoms with Crippen molar-refractivity contribution in [2.45, 2.75) is 91.4 Å². The maximum atomic E-state index is 2.53. The third-order valence-corrected chi connectivity index (χ3v) is 30.5. The van der Waals surface area contributed by atoms with Gasteiger partial charge in [0.25, 0.3) is 0 Å². The van der Waals surface area contributed by atoms with Gasteiger partial charge in [-0.25, -0.2) is 0 Å². The summed E-state index contributed by atoms with van der Waals surface area (Å²) in [4.78, 5) is 0. The highest BCUT2D eigenvalue weighted by Gasteiger charge is 2.47. The number of rotatable bonds is 3. The molecule has 0 spiro atoms. The van der Waals surface area contributed by atoms with Crippen LogP contribution in [0.25, 0.3) is 100 Å². The van der Waals surface area contributed by atoms with Crippen LogP contribution in [0, 0.1) is 20.8 Å². The van der Waals surface area contributed by atoms with Gasteiger partial charge in [-0.2, -0.15) is 0 Å². The Balaban J connectivity index is 0.0000000959. The average Bonchev–Trinajstić information content (AvgIpc) is 0.807. The maximum absolute atomic E-state index is 2.53. The first-order valence-electron chi connectivity index (χ1n) is 43.7. The van der Waals surface area contributed by atoms with Gasteiger partial charge < -0.3 is 0 Å². The van der Waals surface area contributed by atoms with Crippen LogP contribution in [-0.4, -0.2) is 20.1 Å². The fraction of sp³-hybridized carbons (Fsp3) is 0.121. The van der Waals surface area contributed by atoms with Crippen molar-refractivity contribution in [3.8, 4) is 100 Å². The predicted octanol–water partition coefficient (Wildman–Crippen LogP) is 19.8. The van der Waals surface area contributed by atoms with Crippen molar-refractivity contribution in [3.63, 3.8) is 0 Å². The van der Waals surface area contributed by atoms with Gasteiger partial charge >= 0.3 is 0 Å². The lowest BCUT2D eigenvalue weighted by atomic mass is 9.28. The lowest BCUT2D eigenvalue weighted by Crippen LogP contribution is -2.64. The summed E-state index contributed by atoms with van der Waals surface area (Å²) in [5, 5.41) is 0. The number of hydrogen-bond acceptors (Lipinski definition) is 0. The van der Waals surface area contributed by atoms with E-state index in [1.807, 2.05) is 0 Å². The fourth-order valence-corrected chi connectivity index (χ4v) is 25.7. The van der Waals surface area contributed by atoms with E-state index in [0.717, 1.165) is 70.6 Å². The molecule has 3 aliphatic carbocycles. The van der Waals surface area contributed by atoms with Gasteiger partial charge in [-0.05, 0) is 331 Å². The minimum atomic E-state index is 0.380. The molecule has 0 unspecified atom stereocenters. The molecule has 0 atom stereocenters. The second-order valence-electron chi connectivity index (χ2n) is 36.5. The van der Waals surface area contributed by atoms with Gasteiger partial charge in [-0.1, -0.05) is 352 Å². The molecule has 554 valence electrons. The zero-order chi connectivity index (χ0) is 77.9. The first kappa shape index (κ1) is 67.0. The van der Waals surface area contributed by atoms with E-state index in [1.54, 1.807) is 60.3 Å². The van der Waals surface area contributed by atoms with E-state index in [9.17, 15) is 0 Å². The number of fused-ring (bicyclic) bond motifs is 14. The molecule has 12 aliphatic rings. The minimum Gasteiger partial charge on any atom is -0.0617 e. The van der Waals surface area contributed by atoms with Gasteiger partial charge in [0.2, 0.25) is 20.1 Å². The standard InChI is InChI=1S/C46H31B.2C35H25B/c1-27-16-18-40-37-13-3-5-15-39(37)43-26-28(17-19-41(43)36-12-2-4-14-38(36)42(40)20-27)33-24-34-22-31-10-6-8-29-21-30-9-7-11-32-23-35(25-33)46(34)47(44(29)31)45(30)32;1-20-6-2-11-26-27-12-5-13-28(31(27)19-30(20)26)29-15-14-25-17-23-8-3-7-21-16-22-9-4-10-24-18-32(29)35(25)36(33(21)23)34(22)24;1-20-6-2-7-21-16-22-8-5-13-29(32(22)31(20)21)28-15-14-27-18-25-10-3-9-23-17-24-11-4-12-26-19-30(28)35(27)36(33(23)25)34(24)26/h2-20,24-26H,21-23H2,1H3;2*2-15H,16-19H2,1H3. The molecule has 119 heavy (non-hydrogen) atoms. The third kappa shape index (κ3) is 9.57. The maximum Gasteiger partial charge on any atom is 0.243 e. The summed E-state index contributed by atoms with van der Waals surface area (Å²) in [5.74, 6) is 0. The van der Waals surface area contributed by atoms with Crippen molar-refractivity contribution in [3.05, 3.63) is 442 Å². The van der Waals surface area contributed by atoms with Crippen molar-refractivity contribution in [2.24, 2.45) is 0 Å². The van der Waals surface area contributed by atoms with Crippen LogP contribution in [0.2, 0.25) is 0 Å². The van der Waals surface area contributed by atoms with Crippen LogP contribution < -0.4 is 49.2 Å². The van der Waals surface area contributed by atoms with Crippen LogP contribution in [0.15, 0.2) is 303 Å². The zero-order valence-corrected chi connectivity index (χ0v) is 67.4. The van der Waals surface area contributed by atoms with Crippen molar-refractivity contribution < 1.29 is 0 Å². The van der Waals surface area contributed by atoms with Gasteiger partial charge in [0, 0.05) is 0 Å². The summed E-state index contributed by atoms with van der Waals surface area (Å²) in [6, 6.07) is 117. The monoisotopic (exact) mass is 1510 g/mol. The molecule has 9 heterocycles. The molecule has 29 rings (SSSR count). The molecule has 0 bridgehead atoms. The van der Waals surface area contributed by atoms with E-state index < -0.39 is 0 Å². The van der Waals surface area contributed by atoms with Crippen LogP contribution >= 0.6 is 0 Å². The smallest absolute Gasteiger partial charge is 0.0617 e. The molecule has 0 saturated heterocycles. The van der Waals surface area contributed by atoms with Crippen LogP contribution in [-0.2, 0) is 70.6 Å². The normalized spacial score (nSPS) is 14.4. The number of aryl methyl sites for hydroxylation is 3. The molecule has 0 saturated carbocycles. The van der Waals surface area contributed by atoms with E-state index in [0.29, 0.717) is 20.1 Å². The van der Waals surface area contributed by atoms with Gasteiger partial charge in [0.1, 0.15) is 0 Å². The Hall–Kier alpha value is -13.1. The Morgan fingerprint density at radius 2 is 0.454 bits per heavy atom. The third-order valence-electron chi connectivity index (χ3n) is 30.5. The number of benzene rings is 17. The van der Waals surface area contributed by atoms with E-state index in [4.69, 9.17) is 0 Å².